The molecular formula is C34H25NO4. The van der Waals surface area contributed by atoms with Crippen LogP contribution in [0.2, 0.25) is 0 Å². The highest BCUT2D eigenvalue weighted by atomic mass is 16.5. The Morgan fingerprint density at radius 2 is 1.56 bits per heavy atom. The largest absolute Gasteiger partial charge is 0.466 e. The molecule has 4 aromatic carbocycles. The van der Waals surface area contributed by atoms with Gasteiger partial charge in [0.05, 0.1) is 35.4 Å². The number of hydrogen-bond donors (Lipinski definition) is 0. The molecule has 1 atom stereocenters. The number of carbonyl (C=O) groups is 1. The smallest absolute Gasteiger partial charge is 0.336 e. The first kappa shape index (κ1) is 23.2. The molecule has 5 nitrogen and oxygen atoms in total. The van der Waals surface area contributed by atoms with Crippen molar-refractivity contribution in [3.63, 3.8) is 0 Å². The number of esters is 1. The number of rotatable bonds is 2. The lowest BCUT2D eigenvalue weighted by Gasteiger charge is -2.34. The molecule has 190 valence electrons. The third-order valence-corrected chi connectivity index (χ3v) is 7.78. The van der Waals surface area contributed by atoms with Crippen LogP contribution >= 0.6 is 0 Å². The zero-order valence-corrected chi connectivity index (χ0v) is 21.6. The predicted molar refractivity (Wildman–Crippen MR) is 153 cm³/mol. The fraction of sp³-hybridized carbons (Fsp3) is 0.118. The number of para-hydroxylation sites is 3. The summed E-state index contributed by atoms with van der Waals surface area (Å²) in [5.41, 5.74) is 7.34. The molecule has 39 heavy (non-hydrogen) atoms. The van der Waals surface area contributed by atoms with Gasteiger partial charge in [0.2, 0.25) is 5.43 Å². The SMILES string of the molecule is COC(=O)/C1=C(\c2ccc(C)cc2)c2c(oc3ccccc3c2=O)-c2ccccc2N2c3ccccc3C[C@@H]12. The van der Waals surface area contributed by atoms with Gasteiger partial charge in [-0.2, -0.15) is 0 Å². The molecule has 3 heterocycles. The van der Waals surface area contributed by atoms with E-state index in [4.69, 9.17) is 9.15 Å². The van der Waals surface area contributed by atoms with Crippen LogP contribution in [-0.4, -0.2) is 19.1 Å². The van der Waals surface area contributed by atoms with Crippen LogP contribution in [0.4, 0.5) is 11.4 Å². The van der Waals surface area contributed by atoms with Crippen molar-refractivity contribution in [1.29, 1.82) is 0 Å². The van der Waals surface area contributed by atoms with Crippen LogP contribution in [-0.2, 0) is 16.0 Å². The van der Waals surface area contributed by atoms with E-state index in [0.717, 1.165) is 33.6 Å². The second-order valence-corrected chi connectivity index (χ2v) is 10.0. The van der Waals surface area contributed by atoms with Crippen molar-refractivity contribution in [2.75, 3.05) is 12.0 Å². The van der Waals surface area contributed by atoms with Gasteiger partial charge in [-0.15, -0.1) is 0 Å². The fourth-order valence-corrected chi connectivity index (χ4v) is 6.02. The van der Waals surface area contributed by atoms with Crippen LogP contribution in [0.5, 0.6) is 0 Å². The van der Waals surface area contributed by atoms with E-state index < -0.39 is 5.97 Å². The van der Waals surface area contributed by atoms with E-state index in [0.29, 0.717) is 39.9 Å². The average molecular weight is 512 g/mol. The lowest BCUT2D eigenvalue weighted by atomic mass is 9.84. The van der Waals surface area contributed by atoms with Gasteiger partial charge in [0.1, 0.15) is 11.3 Å². The third-order valence-electron chi connectivity index (χ3n) is 7.78. The molecule has 0 saturated carbocycles. The number of fused-ring (bicyclic) bond motifs is 8. The number of benzene rings is 4. The van der Waals surface area contributed by atoms with Gasteiger partial charge in [-0.05, 0) is 54.8 Å². The quantitative estimate of drug-likeness (QED) is 0.244. The number of anilines is 2. The van der Waals surface area contributed by atoms with Gasteiger partial charge in [0.25, 0.3) is 0 Å². The fourth-order valence-electron chi connectivity index (χ4n) is 6.02. The van der Waals surface area contributed by atoms with Crippen molar-refractivity contribution >= 4 is 33.9 Å². The van der Waals surface area contributed by atoms with Crippen LogP contribution in [0, 0.1) is 6.92 Å². The molecular weight excluding hydrogens is 486 g/mol. The lowest BCUT2D eigenvalue weighted by molar-refractivity contribution is -0.136. The molecule has 0 aliphatic carbocycles. The summed E-state index contributed by atoms with van der Waals surface area (Å²) in [7, 11) is 1.39. The highest BCUT2D eigenvalue weighted by Crippen LogP contribution is 2.50. The van der Waals surface area contributed by atoms with Crippen LogP contribution in [0.3, 0.4) is 0 Å². The van der Waals surface area contributed by atoms with Crippen molar-refractivity contribution in [2.45, 2.75) is 19.4 Å². The highest BCUT2D eigenvalue weighted by Gasteiger charge is 2.42. The molecule has 0 spiro atoms. The first-order chi connectivity index (χ1) is 19.1. The summed E-state index contributed by atoms with van der Waals surface area (Å²) in [6.07, 6.45) is 0.596. The third kappa shape index (κ3) is 3.47. The van der Waals surface area contributed by atoms with E-state index in [-0.39, 0.29) is 11.5 Å². The van der Waals surface area contributed by atoms with Crippen molar-refractivity contribution in [3.8, 4) is 11.3 Å². The van der Waals surface area contributed by atoms with Crippen molar-refractivity contribution in [1.82, 2.24) is 0 Å². The number of nitrogens with zero attached hydrogens (tertiary/aromatic N) is 1. The lowest BCUT2D eigenvalue weighted by Crippen LogP contribution is -2.36. The molecule has 0 N–H and O–H groups in total. The minimum absolute atomic E-state index is 0.178. The van der Waals surface area contributed by atoms with Crippen molar-refractivity contribution < 1.29 is 13.9 Å². The van der Waals surface area contributed by atoms with Gasteiger partial charge >= 0.3 is 5.97 Å². The molecule has 0 unspecified atom stereocenters. The summed E-state index contributed by atoms with van der Waals surface area (Å²) in [6.45, 7) is 2.01. The first-order valence-corrected chi connectivity index (χ1v) is 13.0. The van der Waals surface area contributed by atoms with E-state index in [1.165, 1.54) is 7.11 Å². The Morgan fingerprint density at radius 3 is 2.36 bits per heavy atom. The predicted octanol–water partition coefficient (Wildman–Crippen LogP) is 6.82. The summed E-state index contributed by atoms with van der Waals surface area (Å²) in [4.78, 5) is 30.4. The van der Waals surface area contributed by atoms with Crippen molar-refractivity contribution in [3.05, 3.63) is 135 Å². The molecule has 7 rings (SSSR count). The second kappa shape index (κ2) is 8.84. The Balaban J connectivity index is 1.71. The molecule has 2 aliphatic heterocycles. The van der Waals surface area contributed by atoms with Crippen LogP contribution in [0.15, 0.2) is 112 Å². The van der Waals surface area contributed by atoms with E-state index in [1.807, 2.05) is 85.8 Å². The summed E-state index contributed by atoms with van der Waals surface area (Å²) < 4.78 is 12.0. The maximum Gasteiger partial charge on any atom is 0.336 e. The molecule has 0 saturated heterocycles. The maximum atomic E-state index is 14.4. The minimum Gasteiger partial charge on any atom is -0.466 e. The zero-order chi connectivity index (χ0) is 26.7. The summed E-state index contributed by atoms with van der Waals surface area (Å²) in [6, 6.07) is 30.9. The van der Waals surface area contributed by atoms with Gasteiger partial charge in [-0.3, -0.25) is 4.79 Å². The first-order valence-electron chi connectivity index (χ1n) is 13.0. The Morgan fingerprint density at radius 1 is 0.872 bits per heavy atom. The van der Waals surface area contributed by atoms with Crippen LogP contribution in [0.1, 0.15) is 22.3 Å². The monoisotopic (exact) mass is 511 g/mol. The molecule has 0 amide bonds. The van der Waals surface area contributed by atoms with E-state index in [1.54, 1.807) is 6.07 Å². The molecule has 5 aromatic rings. The second-order valence-electron chi connectivity index (χ2n) is 10.0. The number of aryl methyl sites for hydroxylation is 1. The Labute approximate surface area is 225 Å². The molecule has 1 aromatic heterocycles. The van der Waals surface area contributed by atoms with Crippen LogP contribution in [0.25, 0.3) is 27.9 Å². The van der Waals surface area contributed by atoms with E-state index in [2.05, 4.69) is 17.0 Å². The normalized spacial score (nSPS) is 17.5. The Bertz CT molecular complexity index is 1880. The molecule has 2 aliphatic rings. The topological polar surface area (TPSA) is 59.8 Å². The number of hydrogen-bond acceptors (Lipinski definition) is 5. The Kier molecular flexibility index (Phi) is 5.27. The summed E-state index contributed by atoms with van der Waals surface area (Å²) in [5, 5.41) is 0.467. The number of ether oxygens (including phenoxy) is 1. The van der Waals surface area contributed by atoms with Gasteiger partial charge in [-0.1, -0.05) is 72.3 Å². The maximum absolute atomic E-state index is 14.4. The molecule has 0 radical (unpaired) electrons. The van der Waals surface area contributed by atoms with Gasteiger partial charge in [0, 0.05) is 16.8 Å². The summed E-state index contributed by atoms with van der Waals surface area (Å²) in [5.74, 6) is -0.0274. The van der Waals surface area contributed by atoms with Gasteiger partial charge in [0.15, 0.2) is 0 Å². The molecule has 0 fully saturated rings. The van der Waals surface area contributed by atoms with Gasteiger partial charge < -0.3 is 14.1 Å². The standard InChI is InChI=1S/C34H25NO4/c1-20-15-17-21(18-16-20)29-30(34(37)38-2)27-19-22-9-3-6-12-25(22)35(27)26-13-7-4-10-23(26)33-31(29)32(36)24-11-5-8-14-28(24)39-33/h3-18,27H,19H2,1-2H3/b30-29+/t27-/m0/s1. The minimum atomic E-state index is -0.466. The Hall–Kier alpha value is -4.90. The van der Waals surface area contributed by atoms with E-state index >= 15 is 0 Å². The molecule has 5 heteroatoms. The summed E-state index contributed by atoms with van der Waals surface area (Å²) >= 11 is 0. The van der Waals surface area contributed by atoms with Crippen molar-refractivity contribution in [2.24, 2.45) is 0 Å². The van der Waals surface area contributed by atoms with E-state index in [9.17, 15) is 9.59 Å². The zero-order valence-electron chi connectivity index (χ0n) is 21.6. The highest BCUT2D eigenvalue weighted by molar-refractivity contribution is 6.08. The van der Waals surface area contributed by atoms with Crippen LogP contribution < -0.4 is 10.3 Å². The average Bonchev–Trinajstić information content (AvgIpc) is 3.34. The number of carbonyl (C=O) groups excluding carboxylic acids is 1. The molecule has 0 bridgehead atoms. The number of methoxy groups -OCH3 is 1. The van der Waals surface area contributed by atoms with Gasteiger partial charge in [-0.25, -0.2) is 4.79 Å².